The average Bonchev–Trinajstić information content (AvgIpc) is 2.60. The Bertz CT molecular complexity index is 682. The molecular weight excluding hydrogens is 306 g/mol. The lowest BCUT2D eigenvalue weighted by atomic mass is 10.2. The van der Waals surface area contributed by atoms with E-state index in [1.54, 1.807) is 38.5 Å². The van der Waals surface area contributed by atoms with Gasteiger partial charge >= 0.3 is 0 Å². The lowest BCUT2D eigenvalue weighted by Crippen LogP contribution is -2.32. The first-order valence-corrected chi connectivity index (χ1v) is 7.83. The summed E-state index contributed by atoms with van der Waals surface area (Å²) in [5, 5.41) is 2.88. The molecule has 0 unspecified atom stereocenters. The minimum atomic E-state index is -0.594. The Labute approximate surface area is 142 Å². The van der Waals surface area contributed by atoms with Gasteiger partial charge < -0.3 is 19.5 Å². The molecule has 0 spiro atoms. The molecule has 5 heteroatoms. The summed E-state index contributed by atoms with van der Waals surface area (Å²) in [4.78, 5) is 12.5. The van der Waals surface area contributed by atoms with E-state index in [-0.39, 0.29) is 5.91 Å². The van der Waals surface area contributed by atoms with E-state index in [9.17, 15) is 4.79 Å². The van der Waals surface area contributed by atoms with Crippen LogP contribution in [0.3, 0.4) is 0 Å². The number of ether oxygens (including phenoxy) is 3. The molecule has 5 nitrogen and oxygen atoms in total. The predicted molar refractivity (Wildman–Crippen MR) is 94.1 cm³/mol. The van der Waals surface area contributed by atoms with E-state index in [1.807, 2.05) is 32.0 Å². The molecule has 128 valence electrons. The van der Waals surface area contributed by atoms with Crippen LogP contribution in [0.2, 0.25) is 0 Å². The van der Waals surface area contributed by atoms with Gasteiger partial charge in [0.05, 0.1) is 19.9 Å². The Morgan fingerprint density at radius 2 is 1.71 bits per heavy atom. The molecule has 0 heterocycles. The summed E-state index contributed by atoms with van der Waals surface area (Å²) in [6.07, 6.45) is -0.0463. The van der Waals surface area contributed by atoms with Gasteiger partial charge in [-0.15, -0.1) is 0 Å². The molecule has 0 aromatic heterocycles. The second-order valence-electron chi connectivity index (χ2n) is 5.38. The highest BCUT2D eigenvalue weighted by atomic mass is 16.5. The quantitative estimate of drug-likeness (QED) is 0.839. The first-order valence-electron chi connectivity index (χ1n) is 7.83. The smallest absolute Gasteiger partial charge is 0.265 e. The van der Waals surface area contributed by atoms with Crippen molar-refractivity contribution < 1.29 is 19.0 Å². The third-order valence-electron chi connectivity index (χ3n) is 3.61. The third-order valence-corrected chi connectivity index (χ3v) is 3.61. The number of rotatable bonds is 7. The monoisotopic (exact) mass is 329 g/mol. The highest BCUT2D eigenvalue weighted by Crippen LogP contribution is 2.26. The van der Waals surface area contributed by atoms with Gasteiger partial charge in [0.1, 0.15) is 17.2 Å². The van der Waals surface area contributed by atoms with E-state index in [2.05, 4.69) is 5.32 Å². The van der Waals surface area contributed by atoms with Crippen molar-refractivity contribution in [3.63, 3.8) is 0 Å². The number of carbonyl (C=O) groups excluding carboxylic acids is 1. The van der Waals surface area contributed by atoms with Gasteiger partial charge in [0.15, 0.2) is 6.10 Å². The van der Waals surface area contributed by atoms with Crippen LogP contribution in [0.5, 0.6) is 17.2 Å². The molecule has 2 aromatic carbocycles. The maximum Gasteiger partial charge on any atom is 0.265 e. The van der Waals surface area contributed by atoms with Crippen LogP contribution in [0.15, 0.2) is 42.5 Å². The summed E-state index contributed by atoms with van der Waals surface area (Å²) in [5.74, 6) is 1.77. The molecule has 0 fully saturated rings. The van der Waals surface area contributed by atoms with E-state index in [0.717, 1.165) is 11.3 Å². The molecule has 1 amide bonds. The minimum Gasteiger partial charge on any atom is -0.497 e. The van der Waals surface area contributed by atoms with Gasteiger partial charge in [-0.1, -0.05) is 13.0 Å². The van der Waals surface area contributed by atoms with E-state index < -0.39 is 6.10 Å². The fourth-order valence-corrected chi connectivity index (χ4v) is 2.27. The van der Waals surface area contributed by atoms with Crippen molar-refractivity contribution in [1.29, 1.82) is 0 Å². The van der Waals surface area contributed by atoms with Crippen LogP contribution in [0.1, 0.15) is 18.9 Å². The number of nitrogens with one attached hydrogen (secondary N) is 1. The highest BCUT2D eigenvalue weighted by Gasteiger charge is 2.20. The molecule has 0 aliphatic rings. The predicted octanol–water partition coefficient (Wildman–Crippen LogP) is 3.81. The second kappa shape index (κ2) is 8.24. The molecule has 0 bridgehead atoms. The molecule has 0 aliphatic carbocycles. The number of hydrogen-bond donors (Lipinski definition) is 1. The number of aryl methyl sites for hydroxylation is 1. The largest absolute Gasteiger partial charge is 0.497 e. The minimum absolute atomic E-state index is 0.211. The zero-order valence-corrected chi connectivity index (χ0v) is 14.5. The van der Waals surface area contributed by atoms with E-state index in [1.165, 1.54) is 0 Å². The van der Waals surface area contributed by atoms with E-state index in [4.69, 9.17) is 14.2 Å². The standard InChI is InChI=1S/C19H23NO4/c1-5-17(24-15-9-7-14(22-3)8-10-15)19(21)20-16-12-13(2)6-11-18(16)23-4/h6-12,17H,5H2,1-4H3,(H,20,21)/t17-/m0/s1. The van der Waals surface area contributed by atoms with Crippen LogP contribution >= 0.6 is 0 Å². The Morgan fingerprint density at radius 1 is 1.04 bits per heavy atom. The lowest BCUT2D eigenvalue weighted by molar-refractivity contribution is -0.122. The maximum atomic E-state index is 12.5. The third kappa shape index (κ3) is 4.41. The van der Waals surface area contributed by atoms with E-state index >= 15 is 0 Å². The molecule has 1 atom stereocenters. The lowest BCUT2D eigenvalue weighted by Gasteiger charge is -2.18. The number of amides is 1. The zero-order valence-electron chi connectivity index (χ0n) is 14.5. The summed E-state index contributed by atoms with van der Waals surface area (Å²) in [5.41, 5.74) is 1.68. The van der Waals surface area contributed by atoms with Crippen LogP contribution in [0.25, 0.3) is 0 Å². The number of carbonyl (C=O) groups is 1. The zero-order chi connectivity index (χ0) is 17.5. The molecule has 0 saturated carbocycles. The normalized spacial score (nSPS) is 11.5. The molecule has 2 aromatic rings. The Balaban J connectivity index is 2.09. The summed E-state index contributed by atoms with van der Waals surface area (Å²) in [6, 6.07) is 12.8. The second-order valence-corrected chi connectivity index (χ2v) is 5.38. The molecular formula is C19H23NO4. The molecule has 24 heavy (non-hydrogen) atoms. The molecule has 0 aliphatic heterocycles. The molecule has 1 N–H and O–H groups in total. The Kier molecular flexibility index (Phi) is 6.07. The van der Waals surface area contributed by atoms with Crippen molar-refractivity contribution >= 4 is 11.6 Å². The number of methoxy groups -OCH3 is 2. The summed E-state index contributed by atoms with van der Waals surface area (Å²) in [6.45, 7) is 3.86. The summed E-state index contributed by atoms with van der Waals surface area (Å²) >= 11 is 0. The topological polar surface area (TPSA) is 56.8 Å². The fourth-order valence-electron chi connectivity index (χ4n) is 2.27. The summed E-state index contributed by atoms with van der Waals surface area (Å²) in [7, 11) is 3.18. The summed E-state index contributed by atoms with van der Waals surface area (Å²) < 4.78 is 16.2. The maximum absolute atomic E-state index is 12.5. The fraction of sp³-hybridized carbons (Fsp3) is 0.316. The van der Waals surface area contributed by atoms with Gasteiger partial charge in [0.25, 0.3) is 5.91 Å². The van der Waals surface area contributed by atoms with Crippen LogP contribution in [-0.4, -0.2) is 26.2 Å². The molecule has 0 radical (unpaired) electrons. The number of anilines is 1. The van der Waals surface area contributed by atoms with Gasteiger partial charge in [0, 0.05) is 0 Å². The van der Waals surface area contributed by atoms with Crippen molar-refractivity contribution in [2.24, 2.45) is 0 Å². The van der Waals surface area contributed by atoms with Crippen LogP contribution in [-0.2, 0) is 4.79 Å². The van der Waals surface area contributed by atoms with Gasteiger partial charge in [-0.3, -0.25) is 4.79 Å². The highest BCUT2D eigenvalue weighted by molar-refractivity contribution is 5.95. The molecule has 2 rings (SSSR count). The average molecular weight is 329 g/mol. The first kappa shape index (κ1) is 17.7. The van der Waals surface area contributed by atoms with Crippen molar-refractivity contribution in [3.05, 3.63) is 48.0 Å². The van der Waals surface area contributed by atoms with Crippen LogP contribution in [0, 0.1) is 6.92 Å². The van der Waals surface area contributed by atoms with Gasteiger partial charge in [-0.2, -0.15) is 0 Å². The van der Waals surface area contributed by atoms with E-state index in [0.29, 0.717) is 23.6 Å². The van der Waals surface area contributed by atoms with Crippen LogP contribution in [0.4, 0.5) is 5.69 Å². The van der Waals surface area contributed by atoms with Gasteiger partial charge in [-0.05, 0) is 55.3 Å². The molecule has 0 saturated heterocycles. The van der Waals surface area contributed by atoms with Gasteiger partial charge in [-0.25, -0.2) is 0 Å². The number of benzene rings is 2. The van der Waals surface area contributed by atoms with Crippen LogP contribution < -0.4 is 19.5 Å². The van der Waals surface area contributed by atoms with Gasteiger partial charge in [0.2, 0.25) is 0 Å². The Morgan fingerprint density at radius 3 is 2.29 bits per heavy atom. The first-order chi connectivity index (χ1) is 11.6. The van der Waals surface area contributed by atoms with Crippen molar-refractivity contribution in [2.75, 3.05) is 19.5 Å². The van der Waals surface area contributed by atoms with Crippen molar-refractivity contribution in [3.8, 4) is 17.2 Å². The van der Waals surface area contributed by atoms with Crippen molar-refractivity contribution in [2.45, 2.75) is 26.4 Å². The Hall–Kier alpha value is -2.69. The SMILES string of the molecule is CC[C@H](Oc1ccc(OC)cc1)C(=O)Nc1cc(C)ccc1OC. The number of hydrogen-bond acceptors (Lipinski definition) is 4. The van der Waals surface area contributed by atoms with Crippen molar-refractivity contribution in [1.82, 2.24) is 0 Å².